The first-order valence-electron chi connectivity index (χ1n) is 6.81. The molecule has 0 saturated heterocycles. The zero-order valence-electron chi connectivity index (χ0n) is 11.2. The molecular weight excluding hydrogens is 276 g/mol. The number of hydrogen-bond donors (Lipinski definition) is 1. The Morgan fingerprint density at radius 2 is 2.00 bits per heavy atom. The zero-order valence-corrected chi connectivity index (χ0v) is 12.0. The number of nitro groups is 1. The van der Waals surface area contributed by atoms with E-state index >= 15 is 0 Å². The van der Waals surface area contributed by atoms with Crippen LogP contribution in [0.15, 0.2) is 24.3 Å². The number of thioether (sulfide) groups is 1. The van der Waals surface area contributed by atoms with Crippen LogP contribution >= 0.6 is 11.8 Å². The van der Waals surface area contributed by atoms with Crippen molar-refractivity contribution in [1.82, 2.24) is 0 Å². The Balaban J connectivity index is 1.86. The van der Waals surface area contributed by atoms with Crippen molar-refractivity contribution in [2.24, 2.45) is 0 Å². The molecule has 0 atom stereocenters. The lowest BCUT2D eigenvalue weighted by atomic mass is 10.0. The van der Waals surface area contributed by atoms with Gasteiger partial charge in [-0.2, -0.15) is 0 Å². The monoisotopic (exact) mass is 294 g/mol. The van der Waals surface area contributed by atoms with Gasteiger partial charge in [-0.15, -0.1) is 11.8 Å². The highest BCUT2D eigenvalue weighted by Crippen LogP contribution is 2.28. The number of amides is 1. The van der Waals surface area contributed by atoms with Gasteiger partial charge in [0.2, 0.25) is 5.91 Å². The molecule has 108 valence electrons. The molecule has 1 amide bonds. The van der Waals surface area contributed by atoms with Crippen LogP contribution in [-0.2, 0) is 4.79 Å². The van der Waals surface area contributed by atoms with Crippen LogP contribution in [0.2, 0.25) is 0 Å². The zero-order chi connectivity index (χ0) is 14.4. The maximum absolute atomic E-state index is 11.9. The number of benzene rings is 1. The van der Waals surface area contributed by atoms with Gasteiger partial charge in [0.1, 0.15) is 5.69 Å². The molecular formula is C14H18N2O3S. The molecule has 1 aromatic carbocycles. The highest BCUT2D eigenvalue weighted by atomic mass is 32.2. The summed E-state index contributed by atoms with van der Waals surface area (Å²) in [6, 6.07) is 6.21. The molecule has 1 aliphatic rings. The van der Waals surface area contributed by atoms with Crippen LogP contribution in [0.5, 0.6) is 0 Å². The van der Waals surface area contributed by atoms with Crippen LogP contribution in [0, 0.1) is 10.1 Å². The number of nitrogens with one attached hydrogen (secondary N) is 1. The Kier molecular flexibility index (Phi) is 5.40. The maximum Gasteiger partial charge on any atom is 0.292 e. The van der Waals surface area contributed by atoms with Crippen LogP contribution in [0.25, 0.3) is 0 Å². The van der Waals surface area contributed by atoms with E-state index in [2.05, 4.69) is 5.32 Å². The first-order chi connectivity index (χ1) is 9.66. The van der Waals surface area contributed by atoms with Crippen LogP contribution in [-0.4, -0.2) is 21.8 Å². The summed E-state index contributed by atoms with van der Waals surface area (Å²) in [7, 11) is 0. The molecule has 5 nitrogen and oxygen atoms in total. The standard InChI is InChI=1S/C14H18N2O3S/c17-14(10-20-11-6-2-1-3-7-11)15-12-8-4-5-9-13(12)16(18)19/h4-5,8-9,11H,1-3,6-7,10H2,(H,15,17). The molecule has 0 heterocycles. The minimum absolute atomic E-state index is 0.0662. The number of carbonyl (C=O) groups excluding carboxylic acids is 1. The lowest BCUT2D eigenvalue weighted by Crippen LogP contribution is -2.18. The lowest BCUT2D eigenvalue weighted by molar-refractivity contribution is -0.383. The molecule has 6 heteroatoms. The van der Waals surface area contributed by atoms with Crippen molar-refractivity contribution in [3.05, 3.63) is 34.4 Å². The number of carbonyl (C=O) groups is 1. The third-order valence-corrected chi connectivity index (χ3v) is 4.75. The molecule has 0 aromatic heterocycles. The van der Waals surface area contributed by atoms with Crippen molar-refractivity contribution in [2.45, 2.75) is 37.4 Å². The average Bonchev–Trinajstić information content (AvgIpc) is 2.46. The maximum atomic E-state index is 11.9. The van der Waals surface area contributed by atoms with Crippen LogP contribution in [0.1, 0.15) is 32.1 Å². The van der Waals surface area contributed by atoms with Crippen molar-refractivity contribution in [3.8, 4) is 0 Å². The Labute approximate surface area is 122 Å². The van der Waals surface area contributed by atoms with Gasteiger partial charge < -0.3 is 5.32 Å². The van der Waals surface area contributed by atoms with Gasteiger partial charge in [0, 0.05) is 11.3 Å². The first kappa shape index (κ1) is 14.8. The van der Waals surface area contributed by atoms with Gasteiger partial charge in [-0.05, 0) is 18.9 Å². The molecule has 1 N–H and O–H groups in total. The number of rotatable bonds is 5. The van der Waals surface area contributed by atoms with Gasteiger partial charge in [-0.1, -0.05) is 31.4 Å². The normalized spacial score (nSPS) is 15.8. The summed E-state index contributed by atoms with van der Waals surface area (Å²) in [5.41, 5.74) is 0.204. The van der Waals surface area contributed by atoms with Crippen molar-refractivity contribution < 1.29 is 9.72 Å². The second-order valence-electron chi connectivity index (χ2n) is 4.89. The summed E-state index contributed by atoms with van der Waals surface area (Å²) in [4.78, 5) is 22.3. The van der Waals surface area contributed by atoms with Gasteiger partial charge in [-0.25, -0.2) is 0 Å². The Morgan fingerprint density at radius 3 is 2.70 bits per heavy atom. The molecule has 0 bridgehead atoms. The highest BCUT2D eigenvalue weighted by molar-refractivity contribution is 8.00. The lowest BCUT2D eigenvalue weighted by Gasteiger charge is -2.20. The summed E-state index contributed by atoms with van der Waals surface area (Å²) >= 11 is 1.66. The second-order valence-corrected chi connectivity index (χ2v) is 6.18. The highest BCUT2D eigenvalue weighted by Gasteiger charge is 2.17. The van der Waals surface area contributed by atoms with Crippen LogP contribution in [0.3, 0.4) is 0 Å². The quantitative estimate of drug-likeness (QED) is 0.665. The largest absolute Gasteiger partial charge is 0.320 e. The third kappa shape index (κ3) is 4.23. The number of anilines is 1. The van der Waals surface area contributed by atoms with E-state index in [1.807, 2.05) is 0 Å². The fourth-order valence-electron chi connectivity index (χ4n) is 2.35. The van der Waals surface area contributed by atoms with Gasteiger partial charge >= 0.3 is 0 Å². The minimum Gasteiger partial charge on any atom is -0.320 e. The Morgan fingerprint density at radius 1 is 1.30 bits per heavy atom. The van der Waals surface area contributed by atoms with E-state index in [0.717, 1.165) is 0 Å². The van der Waals surface area contributed by atoms with Crippen molar-refractivity contribution in [2.75, 3.05) is 11.1 Å². The topological polar surface area (TPSA) is 72.2 Å². The second kappa shape index (κ2) is 7.28. The predicted molar refractivity (Wildman–Crippen MR) is 81.1 cm³/mol. The van der Waals surface area contributed by atoms with E-state index in [1.54, 1.807) is 30.0 Å². The predicted octanol–water partition coefficient (Wildman–Crippen LogP) is 3.60. The molecule has 1 saturated carbocycles. The van der Waals surface area contributed by atoms with Gasteiger partial charge in [0.15, 0.2) is 0 Å². The van der Waals surface area contributed by atoms with Crippen molar-refractivity contribution in [1.29, 1.82) is 0 Å². The molecule has 0 radical (unpaired) electrons. The van der Waals surface area contributed by atoms with Gasteiger partial charge in [0.05, 0.1) is 10.7 Å². The van der Waals surface area contributed by atoms with Gasteiger partial charge in [-0.3, -0.25) is 14.9 Å². The molecule has 0 unspecified atom stereocenters. The first-order valence-corrected chi connectivity index (χ1v) is 7.86. The van der Waals surface area contributed by atoms with E-state index in [0.29, 0.717) is 11.0 Å². The van der Waals surface area contributed by atoms with Crippen LogP contribution < -0.4 is 5.32 Å². The van der Waals surface area contributed by atoms with E-state index in [9.17, 15) is 14.9 Å². The number of nitro benzene ring substituents is 1. The summed E-state index contributed by atoms with van der Waals surface area (Å²) in [6.07, 6.45) is 6.11. The summed E-state index contributed by atoms with van der Waals surface area (Å²) in [5, 5.41) is 14.0. The van der Waals surface area contributed by atoms with E-state index in [4.69, 9.17) is 0 Å². The smallest absolute Gasteiger partial charge is 0.292 e. The molecule has 0 spiro atoms. The number of hydrogen-bond acceptors (Lipinski definition) is 4. The minimum atomic E-state index is -0.482. The van der Waals surface area contributed by atoms with Crippen LogP contribution in [0.4, 0.5) is 11.4 Å². The summed E-state index contributed by atoms with van der Waals surface area (Å²) in [6.45, 7) is 0. The third-order valence-electron chi connectivity index (χ3n) is 3.38. The van der Waals surface area contributed by atoms with Crippen molar-refractivity contribution >= 4 is 29.0 Å². The SMILES string of the molecule is O=C(CSC1CCCCC1)Nc1ccccc1[N+](=O)[O-]. The molecule has 20 heavy (non-hydrogen) atoms. The molecule has 2 rings (SSSR count). The molecule has 1 fully saturated rings. The Hall–Kier alpha value is -1.56. The fraction of sp³-hybridized carbons (Fsp3) is 0.500. The van der Waals surface area contributed by atoms with E-state index in [-0.39, 0.29) is 17.3 Å². The van der Waals surface area contributed by atoms with E-state index in [1.165, 1.54) is 38.2 Å². The summed E-state index contributed by atoms with van der Waals surface area (Å²) in [5.74, 6) is 0.186. The average molecular weight is 294 g/mol. The fourth-order valence-corrected chi connectivity index (χ4v) is 3.48. The van der Waals surface area contributed by atoms with Crippen molar-refractivity contribution in [3.63, 3.8) is 0 Å². The van der Waals surface area contributed by atoms with E-state index < -0.39 is 4.92 Å². The molecule has 1 aromatic rings. The molecule has 0 aliphatic heterocycles. The summed E-state index contributed by atoms with van der Waals surface area (Å²) < 4.78 is 0. The number of para-hydroxylation sites is 2. The molecule has 1 aliphatic carbocycles. The number of nitrogens with zero attached hydrogens (tertiary/aromatic N) is 1. The Bertz CT molecular complexity index is 487. The van der Waals surface area contributed by atoms with Gasteiger partial charge in [0.25, 0.3) is 5.69 Å².